The van der Waals surface area contributed by atoms with Crippen LogP contribution in [0.3, 0.4) is 0 Å². The van der Waals surface area contributed by atoms with Gasteiger partial charge in [-0.05, 0) is 55.2 Å². The van der Waals surface area contributed by atoms with Gasteiger partial charge in [0.25, 0.3) is 5.56 Å². The Kier molecular flexibility index (Phi) is 4.81. The SMILES string of the molecule is CC(C)(C)C1CCC2(CC1)Nc1ccc(Br)cc1-c1nc(=O)c(-c3ccccc3)nn12. The number of rotatable bonds is 1. The number of nitrogens with zero attached hydrogens (tertiary/aromatic N) is 3. The number of nitrogens with one attached hydrogen (secondary N) is 1. The molecule has 0 unspecified atom stereocenters. The van der Waals surface area contributed by atoms with Crippen LogP contribution in [0.5, 0.6) is 0 Å². The highest BCUT2D eigenvalue weighted by Gasteiger charge is 2.44. The highest BCUT2D eigenvalue weighted by Crippen LogP contribution is 2.48. The lowest BCUT2D eigenvalue weighted by molar-refractivity contribution is 0.100. The van der Waals surface area contributed by atoms with Crippen LogP contribution in [0.4, 0.5) is 5.69 Å². The normalized spacial score (nSPS) is 22.5. The Bertz CT molecular complexity index is 1190. The first kappa shape index (κ1) is 20.4. The average molecular weight is 479 g/mol. The minimum absolute atomic E-state index is 0.284. The van der Waals surface area contributed by atoms with E-state index in [2.05, 4.69) is 53.1 Å². The Morgan fingerprint density at radius 1 is 1.10 bits per heavy atom. The standard InChI is InChI=1S/C25H27BrN4O/c1-24(2,3)17-11-13-25(14-12-17)28-20-10-9-18(26)15-19(20)22-27-23(31)21(29-30(22)25)16-7-5-4-6-8-16/h4-10,15,17,28H,11-14H2,1-3H3. The smallest absolute Gasteiger partial charge is 0.300 e. The van der Waals surface area contributed by atoms with Crippen molar-refractivity contribution in [3.05, 3.63) is 63.4 Å². The summed E-state index contributed by atoms with van der Waals surface area (Å²) in [4.78, 5) is 17.6. The highest BCUT2D eigenvalue weighted by atomic mass is 79.9. The zero-order valence-corrected chi connectivity index (χ0v) is 19.7. The second kappa shape index (κ2) is 7.30. The van der Waals surface area contributed by atoms with E-state index in [4.69, 9.17) is 5.10 Å². The lowest BCUT2D eigenvalue weighted by atomic mass is 9.69. The minimum Gasteiger partial charge on any atom is -0.361 e. The molecule has 1 aliphatic heterocycles. The van der Waals surface area contributed by atoms with Crippen LogP contribution >= 0.6 is 15.9 Å². The highest BCUT2D eigenvalue weighted by molar-refractivity contribution is 9.10. The molecule has 160 valence electrons. The van der Waals surface area contributed by atoms with Crippen molar-refractivity contribution < 1.29 is 0 Å². The largest absolute Gasteiger partial charge is 0.361 e. The molecule has 1 aromatic heterocycles. The molecule has 5 nitrogen and oxygen atoms in total. The Hall–Kier alpha value is -2.47. The van der Waals surface area contributed by atoms with Gasteiger partial charge < -0.3 is 5.32 Å². The number of hydrogen-bond donors (Lipinski definition) is 1. The number of fused-ring (bicyclic) bond motifs is 4. The molecule has 1 spiro atoms. The molecule has 2 aliphatic rings. The maximum atomic E-state index is 13.0. The van der Waals surface area contributed by atoms with E-state index in [1.807, 2.05) is 47.1 Å². The molecule has 0 atom stereocenters. The summed E-state index contributed by atoms with van der Waals surface area (Å²) in [5.74, 6) is 1.31. The van der Waals surface area contributed by atoms with E-state index in [-0.39, 0.29) is 16.6 Å². The van der Waals surface area contributed by atoms with Crippen molar-refractivity contribution >= 4 is 21.6 Å². The average Bonchev–Trinajstić information content (AvgIpc) is 2.74. The molecule has 0 radical (unpaired) electrons. The van der Waals surface area contributed by atoms with Crippen LogP contribution < -0.4 is 10.9 Å². The van der Waals surface area contributed by atoms with Gasteiger partial charge in [0.15, 0.2) is 11.5 Å². The molecule has 2 heterocycles. The Balaban J connectivity index is 1.68. The predicted molar refractivity (Wildman–Crippen MR) is 128 cm³/mol. The van der Waals surface area contributed by atoms with Gasteiger partial charge in [0.05, 0.1) is 0 Å². The van der Waals surface area contributed by atoms with E-state index >= 15 is 0 Å². The van der Waals surface area contributed by atoms with Crippen molar-refractivity contribution in [3.8, 4) is 22.6 Å². The fourth-order valence-electron chi connectivity index (χ4n) is 5.05. The van der Waals surface area contributed by atoms with Crippen LogP contribution in [0, 0.1) is 11.3 Å². The van der Waals surface area contributed by atoms with Crippen LogP contribution in [0.15, 0.2) is 57.8 Å². The van der Waals surface area contributed by atoms with Crippen molar-refractivity contribution in [2.24, 2.45) is 11.3 Å². The first-order chi connectivity index (χ1) is 14.8. The van der Waals surface area contributed by atoms with Gasteiger partial charge in [-0.1, -0.05) is 67.0 Å². The van der Waals surface area contributed by atoms with Crippen LogP contribution in [0.2, 0.25) is 0 Å². The zero-order valence-electron chi connectivity index (χ0n) is 18.2. The van der Waals surface area contributed by atoms with Crippen molar-refractivity contribution in [3.63, 3.8) is 0 Å². The van der Waals surface area contributed by atoms with E-state index in [0.717, 1.165) is 47.0 Å². The summed E-state index contributed by atoms with van der Waals surface area (Å²) >= 11 is 3.57. The Labute approximate surface area is 191 Å². The first-order valence-corrected chi connectivity index (χ1v) is 11.7. The summed E-state index contributed by atoms with van der Waals surface area (Å²) < 4.78 is 2.96. The number of anilines is 1. The van der Waals surface area contributed by atoms with Crippen LogP contribution in [0.25, 0.3) is 22.6 Å². The summed E-state index contributed by atoms with van der Waals surface area (Å²) in [5, 5.41) is 8.74. The maximum absolute atomic E-state index is 13.0. The predicted octanol–water partition coefficient (Wildman–Crippen LogP) is 6.05. The molecule has 1 aliphatic carbocycles. The second-order valence-corrected chi connectivity index (χ2v) is 10.8. The molecular formula is C25H27BrN4O. The maximum Gasteiger partial charge on any atom is 0.300 e. The molecule has 0 bridgehead atoms. The molecule has 1 saturated carbocycles. The van der Waals surface area contributed by atoms with Gasteiger partial charge >= 0.3 is 0 Å². The van der Waals surface area contributed by atoms with Gasteiger partial charge in [-0.15, -0.1) is 0 Å². The van der Waals surface area contributed by atoms with Crippen molar-refractivity contribution in [1.29, 1.82) is 0 Å². The molecule has 31 heavy (non-hydrogen) atoms. The number of halogens is 1. The van der Waals surface area contributed by atoms with Crippen LogP contribution in [0.1, 0.15) is 46.5 Å². The molecule has 0 saturated heterocycles. The lowest BCUT2D eigenvalue weighted by Gasteiger charge is -2.48. The molecular weight excluding hydrogens is 452 g/mol. The summed E-state index contributed by atoms with van der Waals surface area (Å²) in [6.45, 7) is 6.98. The number of aromatic nitrogens is 3. The number of benzene rings is 2. The van der Waals surface area contributed by atoms with Gasteiger partial charge in [0, 0.05) is 21.3 Å². The Morgan fingerprint density at radius 3 is 2.48 bits per heavy atom. The molecule has 5 rings (SSSR count). The summed E-state index contributed by atoms with van der Waals surface area (Å²) in [5.41, 5.74) is 2.74. The summed E-state index contributed by atoms with van der Waals surface area (Å²) in [6, 6.07) is 15.7. The minimum atomic E-state index is -0.373. The lowest BCUT2D eigenvalue weighted by Crippen LogP contribution is -2.50. The quantitative estimate of drug-likeness (QED) is 0.462. The number of hydrogen-bond acceptors (Lipinski definition) is 4. The topological polar surface area (TPSA) is 59.8 Å². The first-order valence-electron chi connectivity index (χ1n) is 10.9. The third-order valence-corrected chi connectivity index (χ3v) is 7.38. The third kappa shape index (κ3) is 3.51. The Morgan fingerprint density at radius 2 is 1.81 bits per heavy atom. The van der Waals surface area contributed by atoms with Gasteiger partial charge in [0.1, 0.15) is 5.66 Å². The van der Waals surface area contributed by atoms with E-state index in [1.54, 1.807) is 0 Å². The second-order valence-electron chi connectivity index (χ2n) is 9.85. The van der Waals surface area contributed by atoms with Gasteiger partial charge in [-0.25, -0.2) is 4.68 Å². The molecule has 1 N–H and O–H groups in total. The fraction of sp³-hybridized carbons (Fsp3) is 0.400. The van der Waals surface area contributed by atoms with Crippen molar-refractivity contribution in [2.75, 3.05) is 5.32 Å². The zero-order chi connectivity index (χ0) is 21.8. The van der Waals surface area contributed by atoms with Crippen LogP contribution in [-0.2, 0) is 5.66 Å². The molecule has 3 aromatic rings. The van der Waals surface area contributed by atoms with Gasteiger partial charge in [-0.2, -0.15) is 10.1 Å². The van der Waals surface area contributed by atoms with Crippen LogP contribution in [-0.4, -0.2) is 14.8 Å². The summed E-state index contributed by atoms with van der Waals surface area (Å²) in [6.07, 6.45) is 4.11. The van der Waals surface area contributed by atoms with E-state index in [0.29, 0.717) is 17.4 Å². The van der Waals surface area contributed by atoms with E-state index in [9.17, 15) is 4.79 Å². The van der Waals surface area contributed by atoms with Crippen molar-refractivity contribution in [1.82, 2.24) is 14.8 Å². The van der Waals surface area contributed by atoms with Gasteiger partial charge in [0.2, 0.25) is 0 Å². The molecule has 2 aromatic carbocycles. The van der Waals surface area contributed by atoms with Crippen molar-refractivity contribution in [2.45, 2.75) is 52.1 Å². The molecule has 1 fully saturated rings. The van der Waals surface area contributed by atoms with E-state index in [1.165, 1.54) is 0 Å². The molecule has 6 heteroatoms. The summed E-state index contributed by atoms with van der Waals surface area (Å²) in [7, 11) is 0. The van der Waals surface area contributed by atoms with Gasteiger partial charge in [-0.3, -0.25) is 4.79 Å². The third-order valence-electron chi connectivity index (χ3n) is 6.89. The fourth-order valence-corrected chi connectivity index (χ4v) is 5.41. The monoisotopic (exact) mass is 478 g/mol. The molecule has 0 amide bonds. The van der Waals surface area contributed by atoms with E-state index < -0.39 is 0 Å².